The van der Waals surface area contributed by atoms with Crippen molar-refractivity contribution in [3.63, 3.8) is 0 Å². The monoisotopic (exact) mass is 293 g/mol. The van der Waals surface area contributed by atoms with Crippen molar-refractivity contribution >= 4 is 17.3 Å². The van der Waals surface area contributed by atoms with Gasteiger partial charge in [-0.3, -0.25) is 10.1 Å². The summed E-state index contributed by atoms with van der Waals surface area (Å²) in [5.41, 5.74) is 0.141. The number of anilines is 1. The van der Waals surface area contributed by atoms with Gasteiger partial charge >= 0.3 is 5.97 Å². The molecule has 0 aliphatic carbocycles. The first kappa shape index (κ1) is 15.2. The highest BCUT2D eigenvalue weighted by molar-refractivity contribution is 5.95. The summed E-state index contributed by atoms with van der Waals surface area (Å²) in [6, 6.07) is 3.86. The molecule has 0 aromatic heterocycles. The molecular formula is C14H19N3O4. The van der Waals surface area contributed by atoms with E-state index in [2.05, 4.69) is 10.2 Å². The van der Waals surface area contributed by atoms with Gasteiger partial charge in [0.05, 0.1) is 10.5 Å². The molecule has 1 aliphatic heterocycles. The van der Waals surface area contributed by atoms with Gasteiger partial charge in [0.15, 0.2) is 0 Å². The van der Waals surface area contributed by atoms with Gasteiger partial charge in [0, 0.05) is 30.9 Å². The van der Waals surface area contributed by atoms with E-state index >= 15 is 0 Å². The zero-order valence-corrected chi connectivity index (χ0v) is 11.7. The van der Waals surface area contributed by atoms with Crippen molar-refractivity contribution in [2.45, 2.75) is 19.3 Å². The van der Waals surface area contributed by atoms with E-state index in [9.17, 15) is 14.9 Å². The Balaban J connectivity index is 1.98. The van der Waals surface area contributed by atoms with Crippen LogP contribution in [-0.2, 0) is 0 Å². The summed E-state index contributed by atoms with van der Waals surface area (Å²) >= 11 is 0. The van der Waals surface area contributed by atoms with Crippen LogP contribution < -0.4 is 5.32 Å². The molecule has 0 saturated carbocycles. The SMILES string of the molecule is O=C(O)c1cc([N+](=O)[O-])ccc1NCCN1CCCCC1. The Bertz CT molecular complexity index is 527. The summed E-state index contributed by atoms with van der Waals surface area (Å²) in [5.74, 6) is -1.17. The lowest BCUT2D eigenvalue weighted by molar-refractivity contribution is -0.384. The van der Waals surface area contributed by atoms with Crippen molar-refractivity contribution in [3.8, 4) is 0 Å². The minimum Gasteiger partial charge on any atom is -0.478 e. The molecule has 0 amide bonds. The topological polar surface area (TPSA) is 95.7 Å². The number of aromatic carboxylic acids is 1. The molecule has 2 rings (SSSR count). The number of nitro benzene ring substituents is 1. The maximum absolute atomic E-state index is 11.2. The van der Waals surface area contributed by atoms with Gasteiger partial charge in [0.2, 0.25) is 0 Å². The van der Waals surface area contributed by atoms with Crippen molar-refractivity contribution in [3.05, 3.63) is 33.9 Å². The molecule has 1 heterocycles. The van der Waals surface area contributed by atoms with E-state index in [1.54, 1.807) is 0 Å². The van der Waals surface area contributed by atoms with E-state index in [1.165, 1.54) is 31.4 Å². The highest BCUT2D eigenvalue weighted by atomic mass is 16.6. The molecule has 0 bridgehead atoms. The van der Waals surface area contributed by atoms with E-state index in [1.807, 2.05) is 0 Å². The molecule has 1 fully saturated rings. The first-order valence-corrected chi connectivity index (χ1v) is 7.06. The molecule has 1 saturated heterocycles. The first-order valence-electron chi connectivity index (χ1n) is 7.06. The van der Waals surface area contributed by atoms with Crippen LogP contribution in [0, 0.1) is 10.1 Å². The van der Waals surface area contributed by atoms with Crippen molar-refractivity contribution < 1.29 is 14.8 Å². The number of benzene rings is 1. The second-order valence-corrected chi connectivity index (χ2v) is 5.12. The van der Waals surface area contributed by atoms with Gasteiger partial charge in [0.25, 0.3) is 5.69 Å². The van der Waals surface area contributed by atoms with Crippen LogP contribution in [-0.4, -0.2) is 47.1 Å². The molecular weight excluding hydrogens is 274 g/mol. The average molecular weight is 293 g/mol. The molecule has 2 N–H and O–H groups in total. The Labute approximate surface area is 122 Å². The number of carboxylic acids is 1. The molecule has 1 aliphatic rings. The summed E-state index contributed by atoms with van der Waals surface area (Å²) in [6.45, 7) is 3.62. The summed E-state index contributed by atoms with van der Waals surface area (Å²) in [7, 11) is 0. The summed E-state index contributed by atoms with van der Waals surface area (Å²) in [5, 5.41) is 22.9. The molecule has 0 spiro atoms. The van der Waals surface area contributed by atoms with Crippen molar-refractivity contribution in [1.82, 2.24) is 4.90 Å². The highest BCUT2D eigenvalue weighted by Crippen LogP contribution is 2.22. The number of nitro groups is 1. The zero-order valence-electron chi connectivity index (χ0n) is 11.7. The number of non-ortho nitro benzene ring substituents is 1. The normalized spacial score (nSPS) is 15.6. The van der Waals surface area contributed by atoms with Crippen molar-refractivity contribution in [2.75, 3.05) is 31.5 Å². The number of piperidine rings is 1. The number of nitrogens with zero attached hydrogens (tertiary/aromatic N) is 2. The van der Waals surface area contributed by atoms with Gasteiger partial charge in [0.1, 0.15) is 0 Å². The third-order valence-electron chi connectivity index (χ3n) is 3.64. The van der Waals surface area contributed by atoms with Crippen LogP contribution in [0.25, 0.3) is 0 Å². The first-order chi connectivity index (χ1) is 10.1. The van der Waals surface area contributed by atoms with E-state index in [0.717, 1.165) is 25.7 Å². The number of likely N-dealkylation sites (tertiary alicyclic amines) is 1. The fourth-order valence-corrected chi connectivity index (χ4v) is 2.51. The Morgan fingerprint density at radius 2 is 2.05 bits per heavy atom. The number of rotatable bonds is 6. The largest absolute Gasteiger partial charge is 0.478 e. The van der Waals surface area contributed by atoms with Crippen LogP contribution in [0.4, 0.5) is 11.4 Å². The molecule has 0 radical (unpaired) electrons. The Morgan fingerprint density at radius 3 is 2.67 bits per heavy atom. The maximum atomic E-state index is 11.2. The van der Waals surface area contributed by atoms with E-state index in [0.29, 0.717) is 12.2 Å². The minimum atomic E-state index is -1.17. The summed E-state index contributed by atoms with van der Waals surface area (Å²) in [4.78, 5) is 23.6. The molecule has 1 aromatic rings. The van der Waals surface area contributed by atoms with Gasteiger partial charge in [-0.15, -0.1) is 0 Å². The summed E-state index contributed by atoms with van der Waals surface area (Å²) in [6.07, 6.45) is 3.69. The standard InChI is InChI=1S/C14H19N3O4/c18-14(19)12-10-11(17(20)21)4-5-13(12)15-6-9-16-7-2-1-3-8-16/h4-5,10,15H,1-3,6-9H2,(H,18,19). The molecule has 0 unspecified atom stereocenters. The smallest absolute Gasteiger partial charge is 0.338 e. The number of carboxylic acid groups (broad SMARTS) is 1. The third-order valence-corrected chi connectivity index (χ3v) is 3.64. The predicted molar refractivity (Wildman–Crippen MR) is 78.8 cm³/mol. The highest BCUT2D eigenvalue weighted by Gasteiger charge is 2.16. The third kappa shape index (κ3) is 4.16. The molecule has 1 aromatic carbocycles. The van der Waals surface area contributed by atoms with Crippen LogP contribution in [0.1, 0.15) is 29.6 Å². The lowest BCUT2D eigenvalue weighted by Crippen LogP contribution is -2.33. The Hall–Kier alpha value is -2.15. The lowest BCUT2D eigenvalue weighted by Gasteiger charge is -2.26. The molecule has 7 heteroatoms. The number of hydrogen-bond donors (Lipinski definition) is 2. The molecule has 7 nitrogen and oxygen atoms in total. The van der Waals surface area contributed by atoms with Crippen LogP contribution in [0.2, 0.25) is 0 Å². The second kappa shape index (κ2) is 7.03. The minimum absolute atomic E-state index is 0.0668. The number of carbonyl (C=O) groups is 1. The maximum Gasteiger partial charge on any atom is 0.338 e. The quantitative estimate of drug-likeness (QED) is 0.616. The van der Waals surface area contributed by atoms with Crippen LogP contribution >= 0.6 is 0 Å². The van der Waals surface area contributed by atoms with Gasteiger partial charge in [-0.05, 0) is 32.0 Å². The Kier molecular flexibility index (Phi) is 5.10. The Morgan fingerprint density at radius 1 is 1.33 bits per heavy atom. The number of hydrogen-bond acceptors (Lipinski definition) is 5. The van der Waals surface area contributed by atoms with E-state index in [4.69, 9.17) is 5.11 Å². The zero-order chi connectivity index (χ0) is 15.2. The van der Waals surface area contributed by atoms with E-state index < -0.39 is 10.9 Å². The van der Waals surface area contributed by atoms with Gasteiger partial charge in [-0.2, -0.15) is 0 Å². The summed E-state index contributed by atoms with van der Waals surface area (Å²) < 4.78 is 0. The second-order valence-electron chi connectivity index (χ2n) is 5.12. The van der Waals surface area contributed by atoms with E-state index in [-0.39, 0.29) is 11.3 Å². The molecule has 0 atom stereocenters. The lowest BCUT2D eigenvalue weighted by atomic mass is 10.1. The fraction of sp³-hybridized carbons (Fsp3) is 0.500. The molecule has 114 valence electrons. The van der Waals surface area contributed by atoms with Crippen molar-refractivity contribution in [1.29, 1.82) is 0 Å². The van der Waals surface area contributed by atoms with Crippen LogP contribution in [0.3, 0.4) is 0 Å². The van der Waals surface area contributed by atoms with Crippen LogP contribution in [0.5, 0.6) is 0 Å². The predicted octanol–water partition coefficient (Wildman–Crippen LogP) is 2.19. The fourth-order valence-electron chi connectivity index (χ4n) is 2.51. The van der Waals surface area contributed by atoms with Crippen molar-refractivity contribution in [2.24, 2.45) is 0 Å². The van der Waals surface area contributed by atoms with Gasteiger partial charge in [-0.1, -0.05) is 6.42 Å². The van der Waals surface area contributed by atoms with Gasteiger partial charge < -0.3 is 15.3 Å². The number of nitrogens with one attached hydrogen (secondary N) is 1. The average Bonchev–Trinajstić information content (AvgIpc) is 2.48. The van der Waals surface area contributed by atoms with Gasteiger partial charge in [-0.25, -0.2) is 4.79 Å². The molecule has 21 heavy (non-hydrogen) atoms. The van der Waals surface area contributed by atoms with Crippen LogP contribution in [0.15, 0.2) is 18.2 Å².